The maximum absolute atomic E-state index is 12.0. The molecule has 0 radical (unpaired) electrons. The number of nitrogens with zero attached hydrogens (tertiary/aromatic N) is 1. The Kier molecular flexibility index (Phi) is 5.49. The van der Waals surface area contributed by atoms with Gasteiger partial charge in [0, 0.05) is 37.6 Å². The summed E-state index contributed by atoms with van der Waals surface area (Å²) in [7, 11) is 0. The lowest BCUT2D eigenvalue weighted by Gasteiger charge is -2.18. The molecule has 1 fully saturated rings. The van der Waals surface area contributed by atoms with Gasteiger partial charge < -0.3 is 15.2 Å². The molecular formula is C15H22N2O3. The van der Waals surface area contributed by atoms with Gasteiger partial charge in [-0.25, -0.2) is 0 Å². The molecule has 20 heavy (non-hydrogen) atoms. The third-order valence-corrected chi connectivity index (χ3v) is 3.69. The summed E-state index contributed by atoms with van der Waals surface area (Å²) in [5, 5.41) is 12.3. The van der Waals surface area contributed by atoms with Gasteiger partial charge in [0.15, 0.2) is 0 Å². The highest BCUT2D eigenvalue weighted by Gasteiger charge is 2.30. The predicted molar refractivity (Wildman–Crippen MR) is 75.0 cm³/mol. The lowest BCUT2D eigenvalue weighted by Crippen LogP contribution is -2.40. The highest BCUT2D eigenvalue weighted by atomic mass is 16.5. The van der Waals surface area contributed by atoms with Crippen LogP contribution in [0.25, 0.3) is 0 Å². The average Bonchev–Trinajstić information content (AvgIpc) is 2.90. The summed E-state index contributed by atoms with van der Waals surface area (Å²) >= 11 is 0. The molecule has 1 amide bonds. The molecule has 0 spiro atoms. The summed E-state index contributed by atoms with van der Waals surface area (Å²) < 4.78 is 5.42. The van der Waals surface area contributed by atoms with E-state index in [0.29, 0.717) is 19.6 Å². The zero-order valence-electron chi connectivity index (χ0n) is 11.8. The highest BCUT2D eigenvalue weighted by Crippen LogP contribution is 2.20. The Morgan fingerprint density at radius 3 is 3.05 bits per heavy atom. The van der Waals surface area contributed by atoms with Crippen molar-refractivity contribution in [3.05, 3.63) is 30.1 Å². The monoisotopic (exact) mass is 278 g/mol. The largest absolute Gasteiger partial charge is 0.396 e. The number of carbonyl (C=O) groups excluding carboxylic acids is 1. The molecule has 0 aromatic carbocycles. The molecule has 0 aliphatic carbocycles. The highest BCUT2D eigenvalue weighted by molar-refractivity contribution is 5.81. The molecule has 3 unspecified atom stereocenters. The van der Waals surface area contributed by atoms with Crippen LogP contribution in [0, 0.1) is 11.8 Å². The predicted octanol–water partition coefficient (Wildman–Crippen LogP) is 0.774. The summed E-state index contributed by atoms with van der Waals surface area (Å²) in [6.45, 7) is 3.14. The van der Waals surface area contributed by atoms with Gasteiger partial charge in [0.1, 0.15) is 6.10 Å². The molecule has 1 aromatic rings. The van der Waals surface area contributed by atoms with Gasteiger partial charge in [-0.05, 0) is 30.9 Å². The first kappa shape index (κ1) is 14.9. The number of ether oxygens (including phenoxy) is 1. The normalized spacial score (nSPS) is 23.5. The van der Waals surface area contributed by atoms with Crippen molar-refractivity contribution in [2.75, 3.05) is 19.8 Å². The molecule has 1 aromatic heterocycles. The second-order valence-corrected chi connectivity index (χ2v) is 5.38. The van der Waals surface area contributed by atoms with Crippen molar-refractivity contribution in [1.82, 2.24) is 10.3 Å². The van der Waals surface area contributed by atoms with E-state index in [4.69, 9.17) is 4.74 Å². The topological polar surface area (TPSA) is 71.5 Å². The number of carbonyl (C=O) groups is 1. The minimum Gasteiger partial charge on any atom is -0.396 e. The zero-order chi connectivity index (χ0) is 14.4. The van der Waals surface area contributed by atoms with Gasteiger partial charge in [0.05, 0.1) is 0 Å². The van der Waals surface area contributed by atoms with E-state index >= 15 is 0 Å². The van der Waals surface area contributed by atoms with Crippen LogP contribution >= 0.6 is 0 Å². The van der Waals surface area contributed by atoms with E-state index in [2.05, 4.69) is 10.3 Å². The van der Waals surface area contributed by atoms with E-state index < -0.39 is 0 Å². The number of aliphatic hydroxyl groups is 1. The van der Waals surface area contributed by atoms with E-state index in [1.807, 2.05) is 25.1 Å². The van der Waals surface area contributed by atoms with Crippen LogP contribution in [0.3, 0.4) is 0 Å². The Bertz CT molecular complexity index is 424. The number of rotatable bonds is 6. The molecule has 3 atom stereocenters. The van der Waals surface area contributed by atoms with Crippen LogP contribution < -0.4 is 5.32 Å². The maximum atomic E-state index is 12.0. The Morgan fingerprint density at radius 2 is 2.45 bits per heavy atom. The van der Waals surface area contributed by atoms with E-state index in [-0.39, 0.29) is 30.5 Å². The van der Waals surface area contributed by atoms with Crippen LogP contribution in [0.1, 0.15) is 19.0 Å². The fourth-order valence-corrected chi connectivity index (χ4v) is 2.39. The number of nitrogens with one attached hydrogen (secondary N) is 1. The first-order valence-electron chi connectivity index (χ1n) is 7.10. The quantitative estimate of drug-likeness (QED) is 0.806. The summed E-state index contributed by atoms with van der Waals surface area (Å²) in [6, 6.07) is 5.70. The number of pyridine rings is 1. The second kappa shape index (κ2) is 7.36. The Labute approximate surface area is 119 Å². The standard InChI is InChI=1S/C15H22N2O3/c1-11-5-7-20-14(11)15(19)17-9-12(10-18)8-13-4-2-3-6-16-13/h2-4,6,11-12,14,18H,5,7-10H2,1H3,(H,17,19). The number of hydrogen-bond donors (Lipinski definition) is 2. The number of amides is 1. The van der Waals surface area contributed by atoms with Crippen molar-refractivity contribution < 1.29 is 14.6 Å². The SMILES string of the molecule is CC1CCOC1C(=O)NCC(CO)Cc1ccccn1. The van der Waals surface area contributed by atoms with E-state index in [0.717, 1.165) is 12.1 Å². The fraction of sp³-hybridized carbons (Fsp3) is 0.600. The number of aromatic nitrogens is 1. The van der Waals surface area contributed by atoms with Gasteiger partial charge in [-0.1, -0.05) is 13.0 Å². The third kappa shape index (κ3) is 4.02. The summed E-state index contributed by atoms with van der Waals surface area (Å²) in [5.74, 6) is 0.165. The lowest BCUT2D eigenvalue weighted by atomic mass is 10.0. The van der Waals surface area contributed by atoms with Crippen LogP contribution in [0.2, 0.25) is 0 Å². The van der Waals surface area contributed by atoms with Crippen molar-refractivity contribution in [3.63, 3.8) is 0 Å². The minimum absolute atomic E-state index is 0.0226. The van der Waals surface area contributed by atoms with Crippen LogP contribution in [-0.2, 0) is 16.0 Å². The second-order valence-electron chi connectivity index (χ2n) is 5.38. The molecule has 2 heterocycles. The van der Waals surface area contributed by atoms with E-state index in [9.17, 15) is 9.90 Å². The van der Waals surface area contributed by atoms with Crippen LogP contribution in [0.4, 0.5) is 0 Å². The molecule has 5 heteroatoms. The Balaban J connectivity index is 1.80. The molecular weight excluding hydrogens is 256 g/mol. The van der Waals surface area contributed by atoms with Crippen LogP contribution in [0.5, 0.6) is 0 Å². The smallest absolute Gasteiger partial charge is 0.249 e. The van der Waals surface area contributed by atoms with Crippen molar-refractivity contribution in [2.24, 2.45) is 11.8 Å². The summed E-state index contributed by atoms with van der Waals surface area (Å²) in [4.78, 5) is 16.2. The molecule has 110 valence electrons. The van der Waals surface area contributed by atoms with Gasteiger partial charge in [-0.3, -0.25) is 9.78 Å². The minimum atomic E-state index is -0.343. The molecule has 1 saturated heterocycles. The summed E-state index contributed by atoms with van der Waals surface area (Å²) in [6.07, 6.45) is 2.97. The van der Waals surface area contributed by atoms with Crippen LogP contribution in [-0.4, -0.2) is 41.9 Å². The van der Waals surface area contributed by atoms with Gasteiger partial charge in [0.2, 0.25) is 5.91 Å². The van der Waals surface area contributed by atoms with Crippen molar-refractivity contribution >= 4 is 5.91 Å². The van der Waals surface area contributed by atoms with Gasteiger partial charge in [-0.2, -0.15) is 0 Å². The Morgan fingerprint density at radius 1 is 1.60 bits per heavy atom. The first-order valence-corrected chi connectivity index (χ1v) is 7.10. The van der Waals surface area contributed by atoms with Crippen LogP contribution in [0.15, 0.2) is 24.4 Å². The maximum Gasteiger partial charge on any atom is 0.249 e. The first-order chi connectivity index (χ1) is 9.70. The molecule has 1 aliphatic rings. The lowest BCUT2D eigenvalue weighted by molar-refractivity contribution is -0.131. The van der Waals surface area contributed by atoms with Gasteiger partial charge >= 0.3 is 0 Å². The van der Waals surface area contributed by atoms with Gasteiger partial charge in [-0.15, -0.1) is 0 Å². The third-order valence-electron chi connectivity index (χ3n) is 3.69. The molecule has 1 aliphatic heterocycles. The van der Waals surface area contributed by atoms with E-state index in [1.165, 1.54) is 0 Å². The number of aliphatic hydroxyl groups excluding tert-OH is 1. The molecule has 0 saturated carbocycles. The van der Waals surface area contributed by atoms with Crippen molar-refractivity contribution in [1.29, 1.82) is 0 Å². The molecule has 2 N–H and O–H groups in total. The zero-order valence-corrected chi connectivity index (χ0v) is 11.8. The molecule has 0 bridgehead atoms. The van der Waals surface area contributed by atoms with Crippen molar-refractivity contribution in [2.45, 2.75) is 25.9 Å². The Hall–Kier alpha value is -1.46. The molecule has 2 rings (SSSR count). The number of hydrogen-bond acceptors (Lipinski definition) is 4. The van der Waals surface area contributed by atoms with E-state index in [1.54, 1.807) is 6.20 Å². The fourth-order valence-electron chi connectivity index (χ4n) is 2.39. The molecule has 5 nitrogen and oxygen atoms in total. The van der Waals surface area contributed by atoms with Crippen molar-refractivity contribution in [3.8, 4) is 0 Å². The average molecular weight is 278 g/mol. The summed E-state index contributed by atoms with van der Waals surface area (Å²) in [5.41, 5.74) is 0.922. The van der Waals surface area contributed by atoms with Gasteiger partial charge in [0.25, 0.3) is 0 Å².